The number of amides is 1. The summed E-state index contributed by atoms with van der Waals surface area (Å²) in [6.45, 7) is 3.88. The summed E-state index contributed by atoms with van der Waals surface area (Å²) in [6.07, 6.45) is 5.60. The molecule has 37 heavy (non-hydrogen) atoms. The number of piperidine rings is 1. The normalized spacial score (nSPS) is 15.5. The van der Waals surface area contributed by atoms with Gasteiger partial charge in [-0.1, -0.05) is 47.5 Å². The first kappa shape index (κ1) is 25.2. The van der Waals surface area contributed by atoms with Crippen molar-refractivity contribution in [2.45, 2.75) is 30.6 Å². The zero-order valence-electron chi connectivity index (χ0n) is 20.2. The fraction of sp³-hybridized carbons (Fsp3) is 0.259. The number of anilines is 2. The summed E-state index contributed by atoms with van der Waals surface area (Å²) in [7, 11) is 0. The number of carbonyl (C=O) groups excluding carboxylic acids is 1. The van der Waals surface area contributed by atoms with Gasteiger partial charge in [0.1, 0.15) is 5.75 Å². The molecule has 3 heterocycles. The summed E-state index contributed by atoms with van der Waals surface area (Å²) < 4.78 is 6.44. The van der Waals surface area contributed by atoms with Crippen LogP contribution in [0.25, 0.3) is 22.0 Å². The van der Waals surface area contributed by atoms with Gasteiger partial charge in [-0.15, -0.1) is 0 Å². The Balaban J connectivity index is 1.48. The number of aryl methyl sites for hydroxylation is 1. The van der Waals surface area contributed by atoms with E-state index in [0.717, 1.165) is 47.8 Å². The molecule has 2 aromatic carbocycles. The fourth-order valence-corrected chi connectivity index (χ4v) is 4.48. The van der Waals surface area contributed by atoms with Crippen LogP contribution in [-0.2, 0) is 4.79 Å². The first-order valence-electron chi connectivity index (χ1n) is 12.0. The molecule has 3 N–H and O–H groups in total. The van der Waals surface area contributed by atoms with Crippen LogP contribution in [0, 0.1) is 6.92 Å². The molecule has 1 aliphatic heterocycles. The molecule has 1 amide bonds. The van der Waals surface area contributed by atoms with Gasteiger partial charge in [0.05, 0.1) is 11.3 Å². The molecule has 1 saturated heterocycles. The molecule has 0 radical (unpaired) electrons. The molecule has 5 rings (SSSR count). The van der Waals surface area contributed by atoms with E-state index in [1.165, 1.54) is 0 Å². The van der Waals surface area contributed by atoms with Crippen LogP contribution in [0.5, 0.6) is 11.6 Å². The van der Waals surface area contributed by atoms with E-state index in [9.17, 15) is 4.79 Å². The van der Waals surface area contributed by atoms with Gasteiger partial charge in [-0.05, 0) is 56.1 Å². The lowest BCUT2D eigenvalue weighted by Crippen LogP contribution is -2.38. The van der Waals surface area contributed by atoms with E-state index in [0.29, 0.717) is 29.0 Å². The maximum absolute atomic E-state index is 12.1. The van der Waals surface area contributed by atoms with Gasteiger partial charge >= 0.3 is 0 Å². The van der Waals surface area contributed by atoms with E-state index in [-0.39, 0.29) is 6.04 Å². The minimum absolute atomic E-state index is 0.287. The quantitative estimate of drug-likeness (QED) is 0.260. The third-order valence-corrected chi connectivity index (χ3v) is 6.59. The van der Waals surface area contributed by atoms with Gasteiger partial charge in [-0.3, -0.25) is 4.79 Å². The Hall–Kier alpha value is -3.46. The van der Waals surface area contributed by atoms with Crippen LogP contribution in [0.15, 0.2) is 60.9 Å². The summed E-state index contributed by atoms with van der Waals surface area (Å²) in [5.74, 6) is 1.11. The molecule has 4 aromatic rings. The predicted octanol–water partition coefficient (Wildman–Crippen LogP) is 5.70. The van der Waals surface area contributed by atoms with Crippen LogP contribution >= 0.6 is 23.2 Å². The van der Waals surface area contributed by atoms with Crippen molar-refractivity contribution in [2.75, 3.05) is 23.7 Å². The minimum Gasteiger partial charge on any atom is -0.437 e. The first-order valence-corrected chi connectivity index (χ1v) is 12.9. The number of benzene rings is 2. The van der Waals surface area contributed by atoms with Crippen molar-refractivity contribution in [3.05, 3.63) is 66.5 Å². The lowest BCUT2D eigenvalue weighted by molar-refractivity contribution is -0.114. The summed E-state index contributed by atoms with van der Waals surface area (Å²) in [6, 6.07) is 15.3. The minimum atomic E-state index is -1.17. The Morgan fingerprint density at radius 2 is 1.97 bits per heavy atom. The second-order valence-electron chi connectivity index (χ2n) is 8.81. The van der Waals surface area contributed by atoms with Crippen molar-refractivity contribution in [1.82, 2.24) is 20.3 Å². The van der Waals surface area contributed by atoms with E-state index >= 15 is 0 Å². The number of alkyl halides is 2. The number of carbonyl (C=O) groups is 1. The average Bonchev–Trinajstić information content (AvgIpc) is 2.91. The zero-order chi connectivity index (χ0) is 25.8. The second-order valence-corrected chi connectivity index (χ2v) is 9.91. The molecule has 1 atom stereocenters. The topological polar surface area (TPSA) is 101 Å². The maximum Gasteiger partial charge on any atom is 0.257 e. The number of hydrogen-bond donors (Lipinski definition) is 3. The molecule has 1 aliphatic rings. The largest absolute Gasteiger partial charge is 0.437 e. The van der Waals surface area contributed by atoms with Crippen molar-refractivity contribution < 1.29 is 9.53 Å². The molecular weight excluding hydrogens is 511 g/mol. The highest BCUT2D eigenvalue weighted by atomic mass is 35.5. The van der Waals surface area contributed by atoms with Crippen LogP contribution < -0.4 is 20.7 Å². The van der Waals surface area contributed by atoms with Gasteiger partial charge in [0.15, 0.2) is 4.84 Å². The molecule has 1 unspecified atom stereocenters. The molecule has 190 valence electrons. The van der Waals surface area contributed by atoms with Gasteiger partial charge in [-0.25, -0.2) is 15.0 Å². The Bertz CT molecular complexity index is 1430. The van der Waals surface area contributed by atoms with Crippen LogP contribution in [-0.4, -0.2) is 44.8 Å². The number of fused-ring (bicyclic) bond motifs is 1. The molecule has 8 nitrogen and oxygen atoms in total. The highest BCUT2D eigenvalue weighted by molar-refractivity contribution is 6.54. The Labute approximate surface area is 224 Å². The summed E-state index contributed by atoms with van der Waals surface area (Å²) >= 11 is 11.5. The summed E-state index contributed by atoms with van der Waals surface area (Å²) in [5.41, 5.74) is 2.94. The van der Waals surface area contributed by atoms with Crippen LogP contribution in [0.1, 0.15) is 18.4 Å². The molecular formula is C27H26Cl2N6O2. The van der Waals surface area contributed by atoms with Gasteiger partial charge < -0.3 is 20.7 Å². The van der Waals surface area contributed by atoms with Crippen molar-refractivity contribution in [3.8, 4) is 22.9 Å². The number of nitrogens with one attached hydrogen (secondary N) is 3. The SMILES string of the molecule is Cc1ccc2c(NC(=O)C(Cl)Cl)cccc2c1Oc1ncccc1-c1ccnc(NC2CCCNC2)n1. The molecule has 0 aliphatic carbocycles. The third-order valence-electron chi connectivity index (χ3n) is 6.20. The van der Waals surface area contributed by atoms with Gasteiger partial charge in [-0.2, -0.15) is 0 Å². The van der Waals surface area contributed by atoms with Crippen molar-refractivity contribution in [1.29, 1.82) is 0 Å². The number of pyridine rings is 1. The Morgan fingerprint density at radius 3 is 2.78 bits per heavy atom. The highest BCUT2D eigenvalue weighted by Crippen LogP contribution is 2.38. The van der Waals surface area contributed by atoms with Crippen LogP contribution in [0.2, 0.25) is 0 Å². The van der Waals surface area contributed by atoms with E-state index in [1.807, 2.05) is 49.4 Å². The number of rotatable bonds is 7. The lowest BCUT2D eigenvalue weighted by atomic mass is 10.0. The highest BCUT2D eigenvalue weighted by Gasteiger charge is 2.18. The number of ether oxygens (including phenoxy) is 1. The fourth-order valence-electron chi connectivity index (χ4n) is 4.37. The number of aromatic nitrogens is 3. The summed E-state index contributed by atoms with van der Waals surface area (Å²) in [4.78, 5) is 24.6. The smallest absolute Gasteiger partial charge is 0.257 e. The average molecular weight is 537 g/mol. The maximum atomic E-state index is 12.1. The Kier molecular flexibility index (Phi) is 7.69. The van der Waals surface area contributed by atoms with E-state index < -0.39 is 10.7 Å². The van der Waals surface area contributed by atoms with Crippen molar-refractivity contribution >= 4 is 51.5 Å². The van der Waals surface area contributed by atoms with Gasteiger partial charge in [0.25, 0.3) is 5.91 Å². The molecule has 0 spiro atoms. The molecule has 10 heteroatoms. The monoisotopic (exact) mass is 536 g/mol. The van der Waals surface area contributed by atoms with E-state index in [1.54, 1.807) is 18.5 Å². The number of halogens is 2. The van der Waals surface area contributed by atoms with Gasteiger partial charge in [0.2, 0.25) is 11.8 Å². The lowest BCUT2D eigenvalue weighted by Gasteiger charge is -2.23. The second kappa shape index (κ2) is 11.3. The van der Waals surface area contributed by atoms with Gasteiger partial charge in [0, 0.05) is 41.4 Å². The van der Waals surface area contributed by atoms with Crippen molar-refractivity contribution in [3.63, 3.8) is 0 Å². The first-order chi connectivity index (χ1) is 18.0. The molecule has 0 saturated carbocycles. The standard InChI is InChI=1S/C27H26Cl2N6O2/c1-16-9-10-18-19(6-2-8-21(18)34-25(36)24(28)29)23(16)37-26-20(7-4-13-31-26)22-11-14-32-27(35-22)33-17-5-3-12-30-15-17/h2,4,6-11,13-14,17,24,30H,3,5,12,15H2,1H3,(H,34,36)(H,32,33,35). The van der Waals surface area contributed by atoms with Crippen LogP contribution in [0.3, 0.4) is 0 Å². The van der Waals surface area contributed by atoms with E-state index in [2.05, 4.69) is 25.9 Å². The predicted molar refractivity (Wildman–Crippen MR) is 148 cm³/mol. The van der Waals surface area contributed by atoms with E-state index in [4.69, 9.17) is 32.9 Å². The van der Waals surface area contributed by atoms with Crippen molar-refractivity contribution in [2.24, 2.45) is 0 Å². The summed E-state index contributed by atoms with van der Waals surface area (Å²) in [5, 5.41) is 11.2. The van der Waals surface area contributed by atoms with Crippen LogP contribution in [0.4, 0.5) is 11.6 Å². The zero-order valence-corrected chi connectivity index (χ0v) is 21.7. The molecule has 1 fully saturated rings. The molecule has 0 bridgehead atoms. The third kappa shape index (κ3) is 5.77. The molecule has 2 aromatic heterocycles. The number of hydrogen-bond acceptors (Lipinski definition) is 7. The number of nitrogens with zero attached hydrogens (tertiary/aromatic N) is 3. The Morgan fingerprint density at radius 1 is 1.08 bits per heavy atom.